The van der Waals surface area contributed by atoms with E-state index in [-0.39, 0.29) is 11.9 Å². The van der Waals surface area contributed by atoms with Crippen molar-refractivity contribution in [2.75, 3.05) is 19.0 Å². The summed E-state index contributed by atoms with van der Waals surface area (Å²) in [6.45, 7) is 0.673. The summed E-state index contributed by atoms with van der Waals surface area (Å²) >= 11 is 0. The normalized spacial score (nSPS) is 19.3. The number of ether oxygens (including phenoxy) is 1. The third kappa shape index (κ3) is 2.59. The van der Waals surface area contributed by atoms with Crippen molar-refractivity contribution in [1.29, 1.82) is 0 Å². The summed E-state index contributed by atoms with van der Waals surface area (Å²) in [5.41, 5.74) is 0. The van der Waals surface area contributed by atoms with Crippen LogP contribution in [0.3, 0.4) is 0 Å². The monoisotopic (exact) mass is 222 g/mol. The van der Waals surface area contributed by atoms with E-state index in [1.165, 1.54) is 6.33 Å². The predicted molar refractivity (Wildman–Crippen MR) is 58.2 cm³/mol. The third-order valence-corrected chi connectivity index (χ3v) is 2.47. The molecule has 1 aliphatic heterocycles. The summed E-state index contributed by atoms with van der Waals surface area (Å²) in [5.74, 6) is 1.34. The van der Waals surface area contributed by atoms with Crippen molar-refractivity contribution in [3.8, 4) is 5.88 Å². The van der Waals surface area contributed by atoms with Gasteiger partial charge in [0.15, 0.2) is 0 Å². The van der Waals surface area contributed by atoms with Crippen molar-refractivity contribution in [2.45, 2.75) is 18.9 Å². The molecule has 1 amide bonds. The first kappa shape index (κ1) is 10.7. The van der Waals surface area contributed by atoms with Crippen LogP contribution in [0.4, 0.5) is 5.82 Å². The minimum Gasteiger partial charge on any atom is -0.481 e. The van der Waals surface area contributed by atoms with Crippen molar-refractivity contribution in [3.05, 3.63) is 12.4 Å². The maximum Gasteiger partial charge on any atom is 0.220 e. The molecule has 0 bridgehead atoms. The van der Waals surface area contributed by atoms with Gasteiger partial charge < -0.3 is 15.4 Å². The quantitative estimate of drug-likeness (QED) is 0.759. The first-order valence-electron chi connectivity index (χ1n) is 5.17. The number of carbonyl (C=O) groups is 1. The van der Waals surface area contributed by atoms with Gasteiger partial charge in [-0.25, -0.2) is 9.97 Å². The molecule has 1 aromatic rings. The van der Waals surface area contributed by atoms with Crippen LogP contribution in [-0.2, 0) is 4.79 Å². The molecule has 2 heterocycles. The van der Waals surface area contributed by atoms with E-state index >= 15 is 0 Å². The fourth-order valence-electron chi connectivity index (χ4n) is 1.61. The Morgan fingerprint density at radius 3 is 3.19 bits per heavy atom. The summed E-state index contributed by atoms with van der Waals surface area (Å²) < 4.78 is 4.98. The second kappa shape index (κ2) is 4.78. The van der Waals surface area contributed by atoms with Crippen LogP contribution in [-0.4, -0.2) is 35.6 Å². The number of anilines is 1. The topological polar surface area (TPSA) is 76.1 Å². The number of hydrogen-bond acceptors (Lipinski definition) is 5. The number of nitrogens with zero attached hydrogens (tertiary/aromatic N) is 2. The molecule has 6 nitrogen and oxygen atoms in total. The molecule has 0 radical (unpaired) electrons. The lowest BCUT2D eigenvalue weighted by molar-refractivity contribution is -0.119. The Bertz CT molecular complexity index is 383. The van der Waals surface area contributed by atoms with Crippen LogP contribution < -0.4 is 15.4 Å². The van der Waals surface area contributed by atoms with Crippen LogP contribution in [0.15, 0.2) is 12.4 Å². The molecule has 0 saturated carbocycles. The van der Waals surface area contributed by atoms with E-state index in [2.05, 4.69) is 20.6 Å². The van der Waals surface area contributed by atoms with Gasteiger partial charge in [-0.3, -0.25) is 4.79 Å². The lowest BCUT2D eigenvalue weighted by atomic mass is 10.2. The molecule has 2 rings (SSSR count). The molecule has 1 saturated heterocycles. The van der Waals surface area contributed by atoms with Gasteiger partial charge in [0.25, 0.3) is 0 Å². The van der Waals surface area contributed by atoms with Gasteiger partial charge in [0.2, 0.25) is 11.8 Å². The Morgan fingerprint density at radius 1 is 1.62 bits per heavy atom. The average Bonchev–Trinajstić information content (AvgIpc) is 2.73. The molecule has 1 aromatic heterocycles. The van der Waals surface area contributed by atoms with E-state index in [0.717, 1.165) is 6.42 Å². The fraction of sp³-hybridized carbons (Fsp3) is 0.500. The highest BCUT2D eigenvalue weighted by atomic mass is 16.5. The number of hydrogen-bond donors (Lipinski definition) is 2. The van der Waals surface area contributed by atoms with Crippen LogP contribution in [0.2, 0.25) is 0 Å². The van der Waals surface area contributed by atoms with Crippen LogP contribution >= 0.6 is 0 Å². The largest absolute Gasteiger partial charge is 0.481 e. The Labute approximate surface area is 93.4 Å². The number of aromatic nitrogens is 2. The summed E-state index contributed by atoms with van der Waals surface area (Å²) in [6, 6.07) is 1.91. The zero-order valence-corrected chi connectivity index (χ0v) is 9.06. The van der Waals surface area contributed by atoms with Gasteiger partial charge in [-0.2, -0.15) is 0 Å². The maximum absolute atomic E-state index is 11.0. The zero-order chi connectivity index (χ0) is 11.4. The Morgan fingerprint density at radius 2 is 2.50 bits per heavy atom. The van der Waals surface area contributed by atoms with Gasteiger partial charge in [-0.15, -0.1) is 0 Å². The van der Waals surface area contributed by atoms with Crippen LogP contribution in [0.1, 0.15) is 12.8 Å². The lowest BCUT2D eigenvalue weighted by Gasteiger charge is -2.11. The molecule has 16 heavy (non-hydrogen) atoms. The summed E-state index contributed by atoms with van der Waals surface area (Å²) in [6.07, 6.45) is 2.92. The molecule has 1 fully saturated rings. The predicted octanol–water partition coefficient (Wildman–Crippen LogP) is 0.176. The van der Waals surface area contributed by atoms with E-state index in [1.807, 2.05) is 0 Å². The first-order chi connectivity index (χ1) is 7.78. The van der Waals surface area contributed by atoms with Gasteiger partial charge in [0.05, 0.1) is 7.11 Å². The van der Waals surface area contributed by atoms with Gasteiger partial charge in [-0.05, 0) is 6.42 Å². The molecule has 0 aliphatic carbocycles. The second-order valence-corrected chi connectivity index (χ2v) is 3.63. The molecule has 0 aromatic carbocycles. The van der Waals surface area contributed by atoms with Crippen LogP contribution in [0, 0.1) is 0 Å². The lowest BCUT2D eigenvalue weighted by Crippen LogP contribution is -2.31. The highest BCUT2D eigenvalue weighted by Gasteiger charge is 2.20. The zero-order valence-electron chi connectivity index (χ0n) is 9.06. The first-order valence-corrected chi connectivity index (χ1v) is 5.17. The molecular weight excluding hydrogens is 208 g/mol. The van der Waals surface area contributed by atoms with Crippen molar-refractivity contribution < 1.29 is 9.53 Å². The molecule has 6 heteroatoms. The Balaban J connectivity index is 1.87. The van der Waals surface area contributed by atoms with E-state index in [4.69, 9.17) is 4.74 Å². The summed E-state index contributed by atoms with van der Waals surface area (Å²) in [4.78, 5) is 18.9. The van der Waals surface area contributed by atoms with Gasteiger partial charge in [-0.1, -0.05) is 0 Å². The van der Waals surface area contributed by atoms with Crippen molar-refractivity contribution >= 4 is 11.7 Å². The smallest absolute Gasteiger partial charge is 0.220 e. The summed E-state index contributed by atoms with van der Waals surface area (Å²) in [5, 5.41) is 6.01. The van der Waals surface area contributed by atoms with E-state index in [0.29, 0.717) is 24.7 Å². The average molecular weight is 222 g/mol. The number of methoxy groups -OCH3 is 1. The fourth-order valence-corrected chi connectivity index (χ4v) is 1.61. The SMILES string of the molecule is COc1cc(NCC2CCC(=O)N2)ncn1. The van der Waals surface area contributed by atoms with E-state index in [9.17, 15) is 4.79 Å². The standard InChI is InChI=1S/C10H14N4O2/c1-16-10-4-8(12-6-13-10)11-5-7-2-3-9(15)14-7/h4,6-7H,2-3,5H2,1H3,(H,14,15)(H,11,12,13). The molecular formula is C10H14N4O2. The van der Waals surface area contributed by atoms with Crippen LogP contribution in [0.5, 0.6) is 5.88 Å². The maximum atomic E-state index is 11.0. The number of amides is 1. The molecule has 1 unspecified atom stereocenters. The van der Waals surface area contributed by atoms with Gasteiger partial charge in [0, 0.05) is 25.1 Å². The van der Waals surface area contributed by atoms with Crippen LogP contribution in [0.25, 0.3) is 0 Å². The third-order valence-electron chi connectivity index (χ3n) is 2.47. The molecule has 1 atom stereocenters. The molecule has 2 N–H and O–H groups in total. The van der Waals surface area contributed by atoms with Crippen molar-refractivity contribution in [1.82, 2.24) is 15.3 Å². The second-order valence-electron chi connectivity index (χ2n) is 3.63. The number of carbonyl (C=O) groups excluding carboxylic acids is 1. The molecule has 86 valence electrons. The highest BCUT2D eigenvalue weighted by molar-refractivity contribution is 5.78. The number of rotatable bonds is 4. The minimum atomic E-state index is 0.118. The highest BCUT2D eigenvalue weighted by Crippen LogP contribution is 2.11. The Kier molecular flexibility index (Phi) is 3.19. The summed E-state index contributed by atoms with van der Waals surface area (Å²) in [7, 11) is 1.56. The van der Waals surface area contributed by atoms with E-state index < -0.39 is 0 Å². The number of nitrogens with one attached hydrogen (secondary N) is 2. The minimum absolute atomic E-state index is 0.118. The molecule has 0 spiro atoms. The van der Waals surface area contributed by atoms with E-state index in [1.54, 1.807) is 13.2 Å². The van der Waals surface area contributed by atoms with Crippen molar-refractivity contribution in [3.63, 3.8) is 0 Å². The Hall–Kier alpha value is -1.85. The van der Waals surface area contributed by atoms with Crippen molar-refractivity contribution in [2.24, 2.45) is 0 Å². The van der Waals surface area contributed by atoms with Gasteiger partial charge in [0.1, 0.15) is 12.1 Å². The van der Waals surface area contributed by atoms with Gasteiger partial charge >= 0.3 is 0 Å². The molecule has 1 aliphatic rings.